The van der Waals surface area contributed by atoms with Crippen LogP contribution in [0.15, 0.2) is 10.7 Å². The van der Waals surface area contributed by atoms with Crippen LogP contribution in [0.5, 0.6) is 0 Å². The topological polar surface area (TPSA) is 56.3 Å². The van der Waals surface area contributed by atoms with Crippen molar-refractivity contribution in [3.05, 3.63) is 16.0 Å². The number of methoxy groups -OCH3 is 2. The van der Waals surface area contributed by atoms with E-state index in [0.29, 0.717) is 12.4 Å². The smallest absolute Gasteiger partial charge is 0.224 e. The van der Waals surface area contributed by atoms with E-state index in [9.17, 15) is 0 Å². The van der Waals surface area contributed by atoms with Gasteiger partial charge in [0.05, 0.1) is 11.0 Å². The maximum absolute atomic E-state index is 5.65. The largest absolute Gasteiger partial charge is 0.364 e. The Labute approximate surface area is 101 Å². The molecule has 0 atom stereocenters. The van der Waals surface area contributed by atoms with E-state index in [1.54, 1.807) is 20.4 Å². The Morgan fingerprint density at radius 2 is 2.20 bits per heavy atom. The molecule has 0 fully saturated rings. The highest BCUT2D eigenvalue weighted by molar-refractivity contribution is 9.10. The molecule has 0 aromatic carbocycles. The second-order valence-corrected chi connectivity index (χ2v) is 3.81. The van der Waals surface area contributed by atoms with E-state index in [4.69, 9.17) is 21.1 Å². The molecule has 5 nitrogen and oxygen atoms in total. The van der Waals surface area contributed by atoms with Crippen molar-refractivity contribution in [3.63, 3.8) is 0 Å². The Hall–Kier alpha value is -0.430. The molecule has 0 saturated heterocycles. The predicted octanol–water partition coefficient (Wildman–Crippen LogP) is 1.92. The number of hydrogen-bond donors (Lipinski definition) is 1. The van der Waals surface area contributed by atoms with Crippen molar-refractivity contribution in [2.24, 2.45) is 0 Å². The van der Waals surface area contributed by atoms with Gasteiger partial charge in [-0.1, -0.05) is 0 Å². The second kappa shape index (κ2) is 6.22. The van der Waals surface area contributed by atoms with Crippen molar-refractivity contribution in [1.29, 1.82) is 0 Å². The van der Waals surface area contributed by atoms with Gasteiger partial charge in [-0.15, -0.1) is 0 Å². The number of aromatic nitrogens is 2. The molecule has 1 N–H and O–H groups in total. The van der Waals surface area contributed by atoms with Crippen molar-refractivity contribution in [2.45, 2.75) is 6.29 Å². The van der Waals surface area contributed by atoms with Crippen molar-refractivity contribution >= 4 is 33.3 Å². The third-order valence-electron chi connectivity index (χ3n) is 1.68. The van der Waals surface area contributed by atoms with Gasteiger partial charge < -0.3 is 14.8 Å². The molecule has 0 amide bonds. The predicted molar refractivity (Wildman–Crippen MR) is 61.0 cm³/mol. The van der Waals surface area contributed by atoms with E-state index >= 15 is 0 Å². The molecule has 0 aliphatic heterocycles. The summed E-state index contributed by atoms with van der Waals surface area (Å²) in [6, 6.07) is 0. The number of nitrogens with one attached hydrogen (secondary N) is 1. The van der Waals surface area contributed by atoms with Gasteiger partial charge in [-0.25, -0.2) is 4.98 Å². The molecule has 1 heterocycles. The molecule has 0 saturated carbocycles. The minimum atomic E-state index is -0.328. The Kier molecular flexibility index (Phi) is 5.24. The minimum absolute atomic E-state index is 0.187. The molecular formula is C8H11BrClN3O2. The van der Waals surface area contributed by atoms with Crippen LogP contribution < -0.4 is 5.32 Å². The fourth-order valence-corrected chi connectivity index (χ4v) is 1.38. The molecule has 0 unspecified atom stereocenters. The van der Waals surface area contributed by atoms with Gasteiger partial charge in [-0.3, -0.25) is 0 Å². The van der Waals surface area contributed by atoms with Gasteiger partial charge in [-0.2, -0.15) is 4.98 Å². The van der Waals surface area contributed by atoms with Crippen LogP contribution in [-0.4, -0.2) is 37.0 Å². The molecule has 0 spiro atoms. The summed E-state index contributed by atoms with van der Waals surface area (Å²) >= 11 is 8.95. The molecular weight excluding hydrogens is 285 g/mol. The van der Waals surface area contributed by atoms with Gasteiger partial charge in [0, 0.05) is 20.4 Å². The summed E-state index contributed by atoms with van der Waals surface area (Å²) in [5.41, 5.74) is 0. The molecule has 0 bridgehead atoms. The van der Waals surface area contributed by atoms with Crippen LogP contribution in [0.2, 0.25) is 5.28 Å². The summed E-state index contributed by atoms with van der Waals surface area (Å²) in [4.78, 5) is 7.81. The molecule has 15 heavy (non-hydrogen) atoms. The van der Waals surface area contributed by atoms with Crippen LogP contribution >= 0.6 is 27.5 Å². The van der Waals surface area contributed by atoms with Gasteiger partial charge in [-0.05, 0) is 27.5 Å². The van der Waals surface area contributed by atoms with Crippen molar-refractivity contribution in [1.82, 2.24) is 9.97 Å². The Morgan fingerprint density at radius 3 is 2.80 bits per heavy atom. The summed E-state index contributed by atoms with van der Waals surface area (Å²) in [6.07, 6.45) is 1.25. The maximum atomic E-state index is 5.65. The molecule has 0 aliphatic carbocycles. The lowest BCUT2D eigenvalue weighted by atomic mass is 10.5. The normalized spacial score (nSPS) is 10.7. The first-order chi connectivity index (χ1) is 7.17. The zero-order chi connectivity index (χ0) is 11.3. The SMILES string of the molecule is COC(CNc1nc(Cl)ncc1Br)OC. The van der Waals surface area contributed by atoms with Gasteiger partial charge in [0.15, 0.2) is 6.29 Å². The number of ether oxygens (including phenoxy) is 2. The summed E-state index contributed by atoms with van der Waals surface area (Å²) in [5.74, 6) is 0.606. The second-order valence-electron chi connectivity index (χ2n) is 2.62. The standard InChI is InChI=1S/C8H11BrClN3O2/c1-14-6(15-2)4-11-7-5(9)3-12-8(10)13-7/h3,6H,4H2,1-2H3,(H,11,12,13). The lowest BCUT2D eigenvalue weighted by Crippen LogP contribution is -2.24. The zero-order valence-electron chi connectivity index (χ0n) is 8.33. The highest BCUT2D eigenvalue weighted by atomic mass is 79.9. The van der Waals surface area contributed by atoms with Gasteiger partial charge in [0.25, 0.3) is 0 Å². The highest BCUT2D eigenvalue weighted by Gasteiger charge is 2.08. The average Bonchev–Trinajstić information content (AvgIpc) is 2.24. The number of halogens is 2. The molecule has 1 aromatic rings. The molecule has 0 radical (unpaired) electrons. The van der Waals surface area contributed by atoms with E-state index in [0.717, 1.165) is 4.47 Å². The van der Waals surface area contributed by atoms with Gasteiger partial charge >= 0.3 is 0 Å². The quantitative estimate of drug-likeness (QED) is 0.664. The fourth-order valence-electron chi connectivity index (χ4n) is 0.912. The van der Waals surface area contributed by atoms with Crippen LogP contribution in [0.1, 0.15) is 0 Å². The Morgan fingerprint density at radius 1 is 1.53 bits per heavy atom. The summed E-state index contributed by atoms with van der Waals surface area (Å²) in [5, 5.41) is 3.21. The Balaban J connectivity index is 2.60. The number of nitrogens with zero attached hydrogens (tertiary/aromatic N) is 2. The van der Waals surface area contributed by atoms with Crippen molar-refractivity contribution < 1.29 is 9.47 Å². The number of anilines is 1. The van der Waals surface area contributed by atoms with E-state index in [1.807, 2.05) is 0 Å². The van der Waals surface area contributed by atoms with E-state index < -0.39 is 0 Å². The monoisotopic (exact) mass is 295 g/mol. The van der Waals surface area contributed by atoms with Gasteiger partial charge in [0.2, 0.25) is 5.28 Å². The lowest BCUT2D eigenvalue weighted by Gasteiger charge is -2.14. The number of rotatable bonds is 5. The average molecular weight is 297 g/mol. The fraction of sp³-hybridized carbons (Fsp3) is 0.500. The zero-order valence-corrected chi connectivity index (χ0v) is 10.7. The molecule has 7 heteroatoms. The van der Waals surface area contributed by atoms with Crippen LogP contribution in [0, 0.1) is 0 Å². The minimum Gasteiger partial charge on any atom is -0.364 e. The first-order valence-electron chi connectivity index (χ1n) is 4.15. The third-order valence-corrected chi connectivity index (χ3v) is 2.44. The first-order valence-corrected chi connectivity index (χ1v) is 5.32. The summed E-state index contributed by atoms with van der Waals surface area (Å²) < 4.78 is 10.8. The van der Waals surface area contributed by atoms with Crippen LogP contribution in [0.25, 0.3) is 0 Å². The maximum Gasteiger partial charge on any atom is 0.224 e. The number of hydrogen-bond acceptors (Lipinski definition) is 5. The molecule has 1 aromatic heterocycles. The third kappa shape index (κ3) is 3.90. The van der Waals surface area contributed by atoms with Crippen LogP contribution in [0.3, 0.4) is 0 Å². The molecule has 84 valence electrons. The van der Waals surface area contributed by atoms with Crippen molar-refractivity contribution in [3.8, 4) is 0 Å². The summed E-state index contributed by atoms with van der Waals surface area (Å²) in [6.45, 7) is 0.471. The summed E-state index contributed by atoms with van der Waals surface area (Å²) in [7, 11) is 3.13. The van der Waals surface area contributed by atoms with Gasteiger partial charge in [0.1, 0.15) is 5.82 Å². The van der Waals surface area contributed by atoms with Crippen molar-refractivity contribution in [2.75, 3.05) is 26.1 Å². The van der Waals surface area contributed by atoms with E-state index in [1.165, 1.54) is 0 Å². The first kappa shape index (κ1) is 12.6. The van der Waals surface area contributed by atoms with E-state index in [2.05, 4.69) is 31.2 Å². The molecule has 0 aliphatic rings. The van der Waals surface area contributed by atoms with E-state index in [-0.39, 0.29) is 11.6 Å². The highest BCUT2D eigenvalue weighted by Crippen LogP contribution is 2.19. The molecule has 1 rings (SSSR count). The van der Waals surface area contributed by atoms with Crippen LogP contribution in [-0.2, 0) is 9.47 Å². The van der Waals surface area contributed by atoms with Crippen LogP contribution in [0.4, 0.5) is 5.82 Å². The Bertz CT molecular complexity index is 323. The lowest BCUT2D eigenvalue weighted by molar-refractivity contribution is -0.0914.